The summed E-state index contributed by atoms with van der Waals surface area (Å²) in [6.45, 7) is 3.07. The minimum absolute atomic E-state index is 0.109. The van der Waals surface area contributed by atoms with Crippen LogP contribution in [0.1, 0.15) is 25.3 Å². The summed E-state index contributed by atoms with van der Waals surface area (Å²) in [7, 11) is -3.43. The number of unbranched alkanes of at least 4 members (excludes halogenated alkanes) is 1. The van der Waals surface area contributed by atoms with Crippen LogP contribution in [-0.4, -0.2) is 15.0 Å². The molecule has 0 unspecified atom stereocenters. The van der Waals surface area contributed by atoms with Crippen molar-refractivity contribution in [1.29, 1.82) is 0 Å². The van der Waals surface area contributed by atoms with E-state index in [-0.39, 0.29) is 5.75 Å². The fourth-order valence-electron chi connectivity index (χ4n) is 1.36. The quantitative estimate of drug-likeness (QED) is 0.746. The van der Waals surface area contributed by atoms with Gasteiger partial charge in [0.2, 0.25) is 10.0 Å². The zero-order chi connectivity index (χ0) is 12.0. The average molecular weight is 242 g/mol. The summed E-state index contributed by atoms with van der Waals surface area (Å²) in [5, 5.41) is 8.22. The van der Waals surface area contributed by atoms with E-state index in [4.69, 9.17) is 5.14 Å². The van der Waals surface area contributed by atoms with Crippen LogP contribution in [0.2, 0.25) is 0 Å². The van der Waals surface area contributed by atoms with Gasteiger partial charge in [0.25, 0.3) is 0 Å². The monoisotopic (exact) mass is 242 g/mol. The maximum absolute atomic E-state index is 10.9. The highest BCUT2D eigenvalue weighted by molar-refractivity contribution is 7.88. The number of nitrogens with one attached hydrogen (secondary N) is 1. The van der Waals surface area contributed by atoms with E-state index >= 15 is 0 Å². The van der Waals surface area contributed by atoms with Gasteiger partial charge in [-0.2, -0.15) is 0 Å². The van der Waals surface area contributed by atoms with Gasteiger partial charge in [-0.15, -0.1) is 0 Å². The first-order valence-corrected chi connectivity index (χ1v) is 7.06. The van der Waals surface area contributed by atoms with E-state index in [1.807, 2.05) is 12.1 Å². The Kier molecular flexibility index (Phi) is 4.76. The van der Waals surface area contributed by atoms with Crippen LogP contribution < -0.4 is 10.5 Å². The average Bonchev–Trinajstić information content (AvgIpc) is 2.19. The van der Waals surface area contributed by atoms with Crippen molar-refractivity contribution in [3.63, 3.8) is 0 Å². The van der Waals surface area contributed by atoms with Crippen LogP contribution in [-0.2, 0) is 15.8 Å². The highest BCUT2D eigenvalue weighted by Gasteiger charge is 2.04. The van der Waals surface area contributed by atoms with Crippen LogP contribution in [0.15, 0.2) is 24.3 Å². The molecule has 0 amide bonds. The first-order valence-electron chi connectivity index (χ1n) is 5.34. The second-order valence-corrected chi connectivity index (χ2v) is 5.40. The first kappa shape index (κ1) is 13.0. The summed E-state index contributed by atoms with van der Waals surface area (Å²) in [5.41, 5.74) is 1.72. The number of nitrogens with two attached hydrogens (primary N) is 1. The van der Waals surface area contributed by atoms with E-state index in [0.29, 0.717) is 5.56 Å². The van der Waals surface area contributed by atoms with Gasteiger partial charge in [0.1, 0.15) is 0 Å². The van der Waals surface area contributed by atoms with Crippen LogP contribution in [0, 0.1) is 0 Å². The molecule has 0 spiro atoms. The number of rotatable bonds is 6. The molecule has 16 heavy (non-hydrogen) atoms. The van der Waals surface area contributed by atoms with Gasteiger partial charge in [0, 0.05) is 12.2 Å². The predicted molar refractivity (Wildman–Crippen MR) is 66.7 cm³/mol. The lowest BCUT2D eigenvalue weighted by atomic mass is 10.2. The Hall–Kier alpha value is -1.07. The number of anilines is 1. The van der Waals surface area contributed by atoms with Crippen molar-refractivity contribution >= 4 is 15.7 Å². The molecule has 0 heterocycles. The molecule has 1 aromatic rings. The molecule has 5 heteroatoms. The fourth-order valence-corrected chi connectivity index (χ4v) is 2.02. The Bertz CT molecular complexity index is 412. The lowest BCUT2D eigenvalue weighted by molar-refractivity contribution is 0.597. The summed E-state index contributed by atoms with van der Waals surface area (Å²) in [4.78, 5) is 0. The van der Waals surface area contributed by atoms with E-state index < -0.39 is 10.0 Å². The number of hydrogen-bond acceptors (Lipinski definition) is 3. The molecule has 0 aliphatic heterocycles. The van der Waals surface area contributed by atoms with E-state index in [9.17, 15) is 8.42 Å². The van der Waals surface area contributed by atoms with Crippen molar-refractivity contribution in [2.24, 2.45) is 5.14 Å². The molecule has 0 fully saturated rings. The van der Waals surface area contributed by atoms with Crippen molar-refractivity contribution in [1.82, 2.24) is 0 Å². The minimum Gasteiger partial charge on any atom is -0.385 e. The highest BCUT2D eigenvalue weighted by atomic mass is 32.2. The molecule has 0 aliphatic rings. The molecule has 1 aromatic carbocycles. The largest absolute Gasteiger partial charge is 0.385 e. The molecule has 0 radical (unpaired) electrons. The van der Waals surface area contributed by atoms with Crippen LogP contribution in [0.4, 0.5) is 5.69 Å². The Morgan fingerprint density at radius 2 is 1.88 bits per heavy atom. The summed E-state index contributed by atoms with van der Waals surface area (Å²) in [5.74, 6) is -0.109. The van der Waals surface area contributed by atoms with Crippen LogP contribution >= 0.6 is 0 Å². The topological polar surface area (TPSA) is 72.2 Å². The molecule has 0 atom stereocenters. The maximum atomic E-state index is 10.9. The SMILES string of the molecule is CCCCNc1ccc(CS(N)(=O)=O)cc1. The lowest BCUT2D eigenvalue weighted by Gasteiger charge is -2.06. The molecule has 0 bridgehead atoms. The third-order valence-corrected chi connectivity index (χ3v) is 2.92. The molecule has 1 rings (SSSR count). The van der Waals surface area contributed by atoms with Gasteiger partial charge in [0.05, 0.1) is 5.75 Å². The Morgan fingerprint density at radius 1 is 1.25 bits per heavy atom. The molecule has 0 aromatic heterocycles. The molecular weight excluding hydrogens is 224 g/mol. The van der Waals surface area contributed by atoms with E-state index in [1.165, 1.54) is 0 Å². The molecule has 3 N–H and O–H groups in total. The third-order valence-electron chi connectivity index (χ3n) is 2.18. The summed E-state index contributed by atoms with van der Waals surface area (Å²) in [6.07, 6.45) is 2.27. The molecule has 90 valence electrons. The Labute approximate surface area is 96.9 Å². The highest BCUT2D eigenvalue weighted by Crippen LogP contribution is 2.11. The molecule has 4 nitrogen and oxygen atoms in total. The Balaban J connectivity index is 2.54. The number of hydrogen-bond donors (Lipinski definition) is 2. The smallest absolute Gasteiger partial charge is 0.213 e. The van der Waals surface area contributed by atoms with Crippen molar-refractivity contribution < 1.29 is 8.42 Å². The third kappa shape index (κ3) is 5.14. The number of benzene rings is 1. The molecule has 0 saturated carbocycles. The predicted octanol–water partition coefficient (Wildman–Crippen LogP) is 1.69. The standard InChI is InChI=1S/C11H18N2O2S/c1-2-3-8-13-11-6-4-10(5-7-11)9-16(12,14)15/h4-7,13H,2-3,8-9H2,1H3,(H2,12,14,15). The zero-order valence-corrected chi connectivity index (χ0v) is 10.3. The van der Waals surface area contributed by atoms with Gasteiger partial charge in [0.15, 0.2) is 0 Å². The second kappa shape index (κ2) is 5.86. The van der Waals surface area contributed by atoms with Gasteiger partial charge in [-0.25, -0.2) is 13.6 Å². The first-order chi connectivity index (χ1) is 7.51. The van der Waals surface area contributed by atoms with Gasteiger partial charge >= 0.3 is 0 Å². The summed E-state index contributed by atoms with van der Waals surface area (Å²) >= 11 is 0. The van der Waals surface area contributed by atoms with E-state index in [1.54, 1.807) is 12.1 Å². The van der Waals surface area contributed by atoms with E-state index in [2.05, 4.69) is 12.2 Å². The maximum Gasteiger partial charge on any atom is 0.213 e. The number of primary sulfonamides is 1. The second-order valence-electron chi connectivity index (χ2n) is 3.78. The van der Waals surface area contributed by atoms with Gasteiger partial charge in [-0.1, -0.05) is 25.5 Å². The summed E-state index contributed by atoms with van der Waals surface area (Å²) < 4.78 is 21.7. The van der Waals surface area contributed by atoms with Gasteiger partial charge in [-0.05, 0) is 24.1 Å². The van der Waals surface area contributed by atoms with Crippen molar-refractivity contribution in [3.8, 4) is 0 Å². The fraction of sp³-hybridized carbons (Fsp3) is 0.455. The van der Waals surface area contributed by atoms with Crippen molar-refractivity contribution in [2.45, 2.75) is 25.5 Å². The normalized spacial score (nSPS) is 11.4. The summed E-state index contributed by atoms with van der Waals surface area (Å²) in [6, 6.07) is 7.30. The van der Waals surface area contributed by atoms with E-state index in [0.717, 1.165) is 25.1 Å². The van der Waals surface area contributed by atoms with Gasteiger partial charge < -0.3 is 5.32 Å². The van der Waals surface area contributed by atoms with Crippen LogP contribution in [0.3, 0.4) is 0 Å². The minimum atomic E-state index is -3.43. The van der Waals surface area contributed by atoms with Crippen LogP contribution in [0.5, 0.6) is 0 Å². The number of sulfonamides is 1. The van der Waals surface area contributed by atoms with Crippen LogP contribution in [0.25, 0.3) is 0 Å². The van der Waals surface area contributed by atoms with Crippen molar-refractivity contribution in [3.05, 3.63) is 29.8 Å². The lowest BCUT2D eigenvalue weighted by Crippen LogP contribution is -2.14. The molecular formula is C11H18N2O2S. The zero-order valence-electron chi connectivity index (χ0n) is 9.44. The van der Waals surface area contributed by atoms with Gasteiger partial charge in [-0.3, -0.25) is 0 Å². The van der Waals surface area contributed by atoms with Crippen molar-refractivity contribution in [2.75, 3.05) is 11.9 Å². The molecule has 0 saturated heterocycles. The molecule has 0 aliphatic carbocycles. The Morgan fingerprint density at radius 3 is 2.38 bits per heavy atom.